The van der Waals surface area contributed by atoms with Gasteiger partial charge in [0.2, 0.25) is 5.91 Å². The molecule has 0 fully saturated rings. The van der Waals surface area contributed by atoms with Crippen LogP contribution >= 0.6 is 24.0 Å². The number of rotatable bonds is 3. The highest BCUT2D eigenvalue weighted by Crippen LogP contribution is 2.19. The molecule has 0 saturated heterocycles. The molecule has 0 bridgehead atoms. The van der Waals surface area contributed by atoms with Crippen LogP contribution in [-0.4, -0.2) is 11.9 Å². The number of nitrogens with one attached hydrogen (secondary N) is 1. The zero-order valence-electron chi connectivity index (χ0n) is 8.67. The largest absolute Gasteiger partial charge is 0.327 e. The minimum absolute atomic E-state index is 0. The molecular formula is C10H13Cl2FN2O. The average Bonchev–Trinajstić information content (AvgIpc) is 2.10. The summed E-state index contributed by atoms with van der Waals surface area (Å²) >= 11 is 5.55. The number of carbonyl (C=O) groups excluding carboxylic acids is 1. The lowest BCUT2D eigenvalue weighted by atomic mass is 10.2. The predicted octanol–water partition coefficient (Wildman–Crippen LogP) is 2.58. The van der Waals surface area contributed by atoms with E-state index in [2.05, 4.69) is 5.32 Å². The van der Waals surface area contributed by atoms with E-state index in [1.807, 2.05) is 0 Å². The van der Waals surface area contributed by atoms with Crippen molar-refractivity contribution < 1.29 is 9.18 Å². The van der Waals surface area contributed by atoms with Crippen LogP contribution in [0.15, 0.2) is 18.2 Å². The molecule has 16 heavy (non-hydrogen) atoms. The number of hydrogen-bond donors (Lipinski definition) is 2. The molecule has 0 aliphatic carbocycles. The van der Waals surface area contributed by atoms with Crippen LogP contribution in [0, 0.1) is 5.82 Å². The second kappa shape index (κ2) is 6.68. The second-order valence-electron chi connectivity index (χ2n) is 3.36. The standard InChI is InChI=1S/C10H12ClFN2O.ClH/c1-6(13)4-10(15)14-7-2-3-9(12)8(11)5-7;/h2-3,5-6H,4,13H2,1H3,(H,14,15);1H. The van der Waals surface area contributed by atoms with Gasteiger partial charge >= 0.3 is 0 Å². The summed E-state index contributed by atoms with van der Waals surface area (Å²) in [4.78, 5) is 11.3. The first-order chi connectivity index (χ1) is 6.99. The lowest BCUT2D eigenvalue weighted by molar-refractivity contribution is -0.116. The molecule has 3 nitrogen and oxygen atoms in total. The van der Waals surface area contributed by atoms with Crippen molar-refractivity contribution in [2.24, 2.45) is 5.73 Å². The van der Waals surface area contributed by atoms with Gasteiger partial charge in [0.25, 0.3) is 0 Å². The van der Waals surface area contributed by atoms with Crippen molar-refractivity contribution in [1.82, 2.24) is 0 Å². The SMILES string of the molecule is CC(N)CC(=O)Nc1ccc(F)c(Cl)c1.Cl. The molecule has 3 N–H and O–H groups in total. The minimum Gasteiger partial charge on any atom is -0.327 e. The lowest BCUT2D eigenvalue weighted by Crippen LogP contribution is -2.23. The Bertz CT molecular complexity index is 372. The first-order valence-electron chi connectivity index (χ1n) is 4.49. The molecule has 0 radical (unpaired) electrons. The minimum atomic E-state index is -0.512. The van der Waals surface area contributed by atoms with Gasteiger partial charge in [-0.3, -0.25) is 4.79 Å². The van der Waals surface area contributed by atoms with Crippen LogP contribution in [0.3, 0.4) is 0 Å². The molecule has 1 unspecified atom stereocenters. The second-order valence-corrected chi connectivity index (χ2v) is 3.77. The van der Waals surface area contributed by atoms with E-state index in [1.165, 1.54) is 18.2 Å². The Morgan fingerprint density at radius 1 is 1.62 bits per heavy atom. The molecule has 1 atom stereocenters. The molecule has 0 saturated carbocycles. The average molecular weight is 267 g/mol. The van der Waals surface area contributed by atoms with Crippen LogP contribution in [0.2, 0.25) is 5.02 Å². The summed E-state index contributed by atoms with van der Waals surface area (Å²) in [6, 6.07) is 3.79. The van der Waals surface area contributed by atoms with Crippen molar-refractivity contribution in [2.75, 3.05) is 5.32 Å². The zero-order valence-corrected chi connectivity index (χ0v) is 10.2. The van der Waals surface area contributed by atoms with E-state index in [0.29, 0.717) is 5.69 Å². The number of hydrogen-bond acceptors (Lipinski definition) is 2. The first kappa shape index (κ1) is 15.2. The monoisotopic (exact) mass is 266 g/mol. The van der Waals surface area contributed by atoms with Crippen molar-refractivity contribution in [1.29, 1.82) is 0 Å². The fourth-order valence-corrected chi connectivity index (χ4v) is 1.26. The Balaban J connectivity index is 0.00000225. The third-order valence-corrected chi connectivity index (χ3v) is 2.00. The van der Waals surface area contributed by atoms with Crippen LogP contribution in [-0.2, 0) is 4.79 Å². The van der Waals surface area contributed by atoms with E-state index in [4.69, 9.17) is 17.3 Å². The van der Waals surface area contributed by atoms with Crippen molar-refractivity contribution in [2.45, 2.75) is 19.4 Å². The number of nitrogens with two attached hydrogens (primary N) is 1. The molecule has 6 heteroatoms. The normalized spacial score (nSPS) is 11.5. The van der Waals surface area contributed by atoms with Crippen molar-refractivity contribution >= 4 is 35.6 Å². The number of carbonyl (C=O) groups is 1. The summed E-state index contributed by atoms with van der Waals surface area (Å²) in [5.74, 6) is -0.727. The summed E-state index contributed by atoms with van der Waals surface area (Å²) < 4.78 is 12.8. The van der Waals surface area contributed by atoms with Gasteiger partial charge in [0.1, 0.15) is 5.82 Å². The van der Waals surface area contributed by atoms with E-state index in [1.54, 1.807) is 6.92 Å². The molecule has 0 aromatic heterocycles. The van der Waals surface area contributed by atoms with Gasteiger partial charge in [0.05, 0.1) is 5.02 Å². The van der Waals surface area contributed by atoms with Gasteiger partial charge < -0.3 is 11.1 Å². The third-order valence-electron chi connectivity index (χ3n) is 1.71. The van der Waals surface area contributed by atoms with Crippen LogP contribution in [0.25, 0.3) is 0 Å². The topological polar surface area (TPSA) is 55.1 Å². The molecule has 90 valence electrons. The number of anilines is 1. The molecular weight excluding hydrogens is 254 g/mol. The number of benzene rings is 1. The van der Waals surface area contributed by atoms with Crippen LogP contribution in [0.1, 0.15) is 13.3 Å². The maximum Gasteiger partial charge on any atom is 0.225 e. The van der Waals surface area contributed by atoms with Crippen molar-refractivity contribution in [3.05, 3.63) is 29.0 Å². The van der Waals surface area contributed by atoms with Crippen LogP contribution in [0.5, 0.6) is 0 Å². The molecule has 1 aromatic rings. The maximum atomic E-state index is 12.8. The molecule has 1 aromatic carbocycles. The predicted molar refractivity (Wildman–Crippen MR) is 65.6 cm³/mol. The molecule has 1 amide bonds. The quantitative estimate of drug-likeness (QED) is 0.884. The van der Waals surface area contributed by atoms with Gasteiger partial charge in [0.15, 0.2) is 0 Å². The summed E-state index contributed by atoms with van der Waals surface area (Å²) in [6.07, 6.45) is 0.217. The number of amides is 1. The van der Waals surface area contributed by atoms with E-state index in [-0.39, 0.29) is 35.8 Å². The summed E-state index contributed by atoms with van der Waals surface area (Å²) in [7, 11) is 0. The fourth-order valence-electron chi connectivity index (χ4n) is 1.08. The Labute approximate surface area is 105 Å². The Hall–Kier alpha value is -0.840. The number of halogens is 3. The molecule has 0 spiro atoms. The summed E-state index contributed by atoms with van der Waals surface area (Å²) in [5.41, 5.74) is 5.92. The zero-order chi connectivity index (χ0) is 11.4. The van der Waals surface area contributed by atoms with Gasteiger partial charge in [-0.05, 0) is 25.1 Å². The van der Waals surface area contributed by atoms with E-state index < -0.39 is 5.82 Å². The first-order valence-corrected chi connectivity index (χ1v) is 4.87. The summed E-state index contributed by atoms with van der Waals surface area (Å²) in [5, 5.41) is 2.55. The Kier molecular flexibility index (Phi) is 6.33. The Morgan fingerprint density at radius 2 is 2.25 bits per heavy atom. The van der Waals surface area contributed by atoms with Crippen molar-refractivity contribution in [3.63, 3.8) is 0 Å². The molecule has 1 rings (SSSR count). The maximum absolute atomic E-state index is 12.8. The lowest BCUT2D eigenvalue weighted by Gasteiger charge is -2.07. The van der Waals surface area contributed by atoms with Gasteiger partial charge in [0, 0.05) is 18.2 Å². The highest BCUT2D eigenvalue weighted by atomic mass is 35.5. The van der Waals surface area contributed by atoms with Crippen LogP contribution in [0.4, 0.5) is 10.1 Å². The summed E-state index contributed by atoms with van der Waals surface area (Å²) in [6.45, 7) is 1.73. The van der Waals surface area contributed by atoms with Gasteiger partial charge in [-0.1, -0.05) is 11.6 Å². The fraction of sp³-hybridized carbons (Fsp3) is 0.300. The van der Waals surface area contributed by atoms with Crippen molar-refractivity contribution in [3.8, 4) is 0 Å². The van der Waals surface area contributed by atoms with Gasteiger partial charge in [-0.15, -0.1) is 12.4 Å². The van der Waals surface area contributed by atoms with Crippen LogP contribution < -0.4 is 11.1 Å². The molecule has 0 aliphatic rings. The highest BCUT2D eigenvalue weighted by Gasteiger charge is 2.06. The van der Waals surface area contributed by atoms with Gasteiger partial charge in [-0.2, -0.15) is 0 Å². The van der Waals surface area contributed by atoms with E-state index >= 15 is 0 Å². The molecule has 0 aliphatic heterocycles. The third kappa shape index (κ3) is 4.79. The Morgan fingerprint density at radius 3 is 2.75 bits per heavy atom. The van der Waals surface area contributed by atoms with Gasteiger partial charge in [-0.25, -0.2) is 4.39 Å². The highest BCUT2D eigenvalue weighted by molar-refractivity contribution is 6.31. The smallest absolute Gasteiger partial charge is 0.225 e. The van der Waals surface area contributed by atoms with E-state index in [0.717, 1.165) is 0 Å². The molecule has 0 heterocycles. The van der Waals surface area contributed by atoms with E-state index in [9.17, 15) is 9.18 Å².